The van der Waals surface area contributed by atoms with Gasteiger partial charge in [-0.2, -0.15) is 0 Å². The van der Waals surface area contributed by atoms with Crippen LogP contribution in [0, 0.1) is 5.82 Å². The Bertz CT molecular complexity index is 478. The molecule has 0 bridgehead atoms. The zero-order valence-corrected chi connectivity index (χ0v) is 9.20. The Morgan fingerprint density at radius 2 is 1.82 bits per heavy atom. The highest BCUT2D eigenvalue weighted by Gasteiger charge is 2.14. The molecule has 0 fully saturated rings. The van der Waals surface area contributed by atoms with Gasteiger partial charge in [-0.05, 0) is 49.4 Å². The van der Waals surface area contributed by atoms with Crippen LogP contribution in [-0.2, 0) is 0 Å². The van der Waals surface area contributed by atoms with E-state index in [9.17, 15) is 8.78 Å². The standard InChI is InChI=1S/C13H13F2NO/c14-10-3-1-9(2-4-10)12-5-6-13(17-12)11(15)7-8-16/h1-6,11H,7-8,16H2. The molecule has 4 heteroatoms. The van der Waals surface area contributed by atoms with Crippen molar-refractivity contribution in [3.8, 4) is 11.3 Å². The molecule has 0 aliphatic carbocycles. The summed E-state index contributed by atoms with van der Waals surface area (Å²) in [4.78, 5) is 0. The topological polar surface area (TPSA) is 39.2 Å². The Morgan fingerprint density at radius 1 is 1.12 bits per heavy atom. The van der Waals surface area contributed by atoms with Crippen LogP contribution in [-0.4, -0.2) is 6.54 Å². The van der Waals surface area contributed by atoms with Gasteiger partial charge < -0.3 is 10.2 Å². The molecule has 1 heterocycles. The number of hydrogen-bond donors (Lipinski definition) is 1. The van der Waals surface area contributed by atoms with E-state index in [2.05, 4.69) is 0 Å². The molecule has 2 N–H and O–H groups in total. The fourth-order valence-electron chi connectivity index (χ4n) is 1.58. The van der Waals surface area contributed by atoms with Crippen molar-refractivity contribution in [3.63, 3.8) is 0 Å². The van der Waals surface area contributed by atoms with Gasteiger partial charge in [0.25, 0.3) is 0 Å². The molecule has 0 spiro atoms. The second kappa shape index (κ2) is 5.10. The van der Waals surface area contributed by atoms with Crippen LogP contribution in [0.15, 0.2) is 40.8 Å². The third-order valence-corrected chi connectivity index (χ3v) is 2.48. The Kier molecular flexibility index (Phi) is 3.54. The lowest BCUT2D eigenvalue weighted by Gasteiger charge is -2.02. The fraction of sp³-hybridized carbons (Fsp3) is 0.231. The van der Waals surface area contributed by atoms with E-state index < -0.39 is 6.17 Å². The highest BCUT2D eigenvalue weighted by atomic mass is 19.1. The Labute approximate surface area is 98.0 Å². The second-order valence-electron chi connectivity index (χ2n) is 3.75. The summed E-state index contributed by atoms with van der Waals surface area (Å²) < 4.78 is 31.6. The van der Waals surface area contributed by atoms with Crippen LogP contribution < -0.4 is 5.73 Å². The normalized spacial score (nSPS) is 12.6. The highest BCUT2D eigenvalue weighted by Crippen LogP contribution is 2.28. The zero-order valence-electron chi connectivity index (χ0n) is 9.20. The second-order valence-corrected chi connectivity index (χ2v) is 3.75. The quantitative estimate of drug-likeness (QED) is 0.884. The minimum atomic E-state index is -1.19. The molecule has 0 aliphatic rings. The van der Waals surface area contributed by atoms with E-state index >= 15 is 0 Å². The lowest BCUT2D eigenvalue weighted by Crippen LogP contribution is -2.02. The maximum absolute atomic E-state index is 13.5. The third-order valence-electron chi connectivity index (χ3n) is 2.48. The van der Waals surface area contributed by atoms with Gasteiger partial charge in [-0.3, -0.25) is 0 Å². The van der Waals surface area contributed by atoms with E-state index in [-0.39, 0.29) is 24.5 Å². The van der Waals surface area contributed by atoms with Crippen molar-refractivity contribution in [1.29, 1.82) is 0 Å². The largest absolute Gasteiger partial charge is 0.458 e. The number of rotatable bonds is 4. The third kappa shape index (κ3) is 2.71. The molecule has 1 aromatic heterocycles. The maximum Gasteiger partial charge on any atom is 0.159 e. The predicted octanol–water partition coefficient (Wildman–Crippen LogP) is 3.45. The van der Waals surface area contributed by atoms with Crippen molar-refractivity contribution in [1.82, 2.24) is 0 Å². The summed E-state index contributed by atoms with van der Waals surface area (Å²) in [6.45, 7) is 0.272. The van der Waals surface area contributed by atoms with E-state index in [0.29, 0.717) is 5.76 Å². The molecule has 0 amide bonds. The van der Waals surface area contributed by atoms with Gasteiger partial charge >= 0.3 is 0 Å². The summed E-state index contributed by atoms with van der Waals surface area (Å²) in [7, 11) is 0. The fourth-order valence-corrected chi connectivity index (χ4v) is 1.58. The Hall–Kier alpha value is -1.68. The number of halogens is 2. The Balaban J connectivity index is 2.20. The van der Waals surface area contributed by atoms with E-state index in [1.165, 1.54) is 12.1 Å². The van der Waals surface area contributed by atoms with E-state index in [1.54, 1.807) is 24.3 Å². The molecule has 0 saturated carbocycles. The summed E-state index contributed by atoms with van der Waals surface area (Å²) in [6.07, 6.45) is -0.953. The highest BCUT2D eigenvalue weighted by molar-refractivity contribution is 5.57. The van der Waals surface area contributed by atoms with Crippen LogP contribution in [0.25, 0.3) is 11.3 Å². The van der Waals surface area contributed by atoms with Gasteiger partial charge in [0.15, 0.2) is 6.17 Å². The summed E-state index contributed by atoms with van der Waals surface area (Å²) in [5, 5.41) is 0. The van der Waals surface area contributed by atoms with Crippen molar-refractivity contribution >= 4 is 0 Å². The van der Waals surface area contributed by atoms with Gasteiger partial charge in [0.1, 0.15) is 17.3 Å². The van der Waals surface area contributed by atoms with Crippen molar-refractivity contribution in [2.75, 3.05) is 6.54 Å². The molecule has 0 saturated heterocycles. The summed E-state index contributed by atoms with van der Waals surface area (Å²) in [5.41, 5.74) is 6.00. The lowest BCUT2D eigenvalue weighted by molar-refractivity contribution is 0.276. The Morgan fingerprint density at radius 3 is 2.47 bits per heavy atom. The van der Waals surface area contributed by atoms with Crippen LogP contribution >= 0.6 is 0 Å². The monoisotopic (exact) mass is 237 g/mol. The van der Waals surface area contributed by atoms with Crippen LogP contribution in [0.2, 0.25) is 0 Å². The van der Waals surface area contributed by atoms with Crippen LogP contribution in [0.4, 0.5) is 8.78 Å². The first kappa shape index (κ1) is 11.8. The van der Waals surface area contributed by atoms with E-state index in [0.717, 1.165) is 5.56 Å². The van der Waals surface area contributed by atoms with Crippen LogP contribution in [0.1, 0.15) is 18.4 Å². The van der Waals surface area contributed by atoms with Crippen molar-refractivity contribution in [3.05, 3.63) is 48.0 Å². The summed E-state index contributed by atoms with van der Waals surface area (Å²) >= 11 is 0. The number of nitrogens with two attached hydrogens (primary N) is 1. The zero-order chi connectivity index (χ0) is 12.3. The molecule has 17 heavy (non-hydrogen) atoms. The molecule has 2 rings (SSSR count). The number of benzene rings is 1. The predicted molar refractivity (Wildman–Crippen MR) is 61.6 cm³/mol. The van der Waals surface area contributed by atoms with Gasteiger partial charge in [0.05, 0.1) is 0 Å². The lowest BCUT2D eigenvalue weighted by atomic mass is 10.2. The minimum absolute atomic E-state index is 0.233. The van der Waals surface area contributed by atoms with Crippen molar-refractivity contribution in [2.45, 2.75) is 12.6 Å². The SMILES string of the molecule is NCCC(F)c1ccc(-c2ccc(F)cc2)o1. The van der Waals surface area contributed by atoms with Crippen molar-refractivity contribution < 1.29 is 13.2 Å². The average molecular weight is 237 g/mol. The molecular formula is C13H13F2NO. The molecule has 0 aliphatic heterocycles. The number of alkyl halides is 1. The minimum Gasteiger partial charge on any atom is -0.458 e. The van der Waals surface area contributed by atoms with Crippen molar-refractivity contribution in [2.24, 2.45) is 5.73 Å². The van der Waals surface area contributed by atoms with E-state index in [4.69, 9.17) is 10.2 Å². The average Bonchev–Trinajstić information content (AvgIpc) is 2.80. The number of hydrogen-bond acceptors (Lipinski definition) is 2. The molecule has 90 valence electrons. The molecule has 0 radical (unpaired) electrons. The molecular weight excluding hydrogens is 224 g/mol. The van der Waals surface area contributed by atoms with Crippen LogP contribution in [0.5, 0.6) is 0 Å². The molecule has 2 aromatic rings. The summed E-state index contributed by atoms with van der Waals surface area (Å²) in [6, 6.07) is 9.11. The number of furan rings is 1. The maximum atomic E-state index is 13.5. The molecule has 1 aromatic carbocycles. The van der Waals surface area contributed by atoms with E-state index in [1.807, 2.05) is 0 Å². The van der Waals surface area contributed by atoms with Gasteiger partial charge in [-0.1, -0.05) is 0 Å². The first-order chi connectivity index (χ1) is 8.20. The molecule has 1 unspecified atom stereocenters. The first-order valence-electron chi connectivity index (χ1n) is 5.40. The van der Waals surface area contributed by atoms with Gasteiger partial charge in [-0.25, -0.2) is 8.78 Å². The molecule has 1 atom stereocenters. The van der Waals surface area contributed by atoms with Crippen LogP contribution in [0.3, 0.4) is 0 Å². The van der Waals surface area contributed by atoms with Gasteiger partial charge in [-0.15, -0.1) is 0 Å². The molecule has 2 nitrogen and oxygen atoms in total. The summed E-state index contributed by atoms with van der Waals surface area (Å²) in [5.74, 6) is 0.474. The first-order valence-corrected chi connectivity index (χ1v) is 5.40. The van der Waals surface area contributed by atoms with Gasteiger partial charge in [0.2, 0.25) is 0 Å². The smallest absolute Gasteiger partial charge is 0.159 e. The van der Waals surface area contributed by atoms with Gasteiger partial charge in [0, 0.05) is 5.56 Å².